The van der Waals surface area contributed by atoms with Crippen molar-refractivity contribution in [2.45, 2.75) is 33.4 Å². The Bertz CT molecular complexity index is 886. The van der Waals surface area contributed by atoms with Gasteiger partial charge >= 0.3 is 0 Å². The molecule has 2 heterocycles. The Morgan fingerprint density at radius 2 is 2.07 bits per heavy atom. The standard InChI is InChI=1S/C20H25N5O.HI/c1-14-11-18(16(3)26-14)13-22-20(21-4)24-15(2)17-7-5-8-19(12-17)25-10-6-9-23-25;/h5-12,15H,13H2,1-4H3,(H2,21,22,24);1H. The number of halogens is 1. The van der Waals surface area contributed by atoms with E-state index in [1.54, 1.807) is 13.2 Å². The van der Waals surface area contributed by atoms with Gasteiger partial charge in [-0.25, -0.2) is 4.68 Å². The number of hydrogen-bond donors (Lipinski definition) is 2. The van der Waals surface area contributed by atoms with Crippen LogP contribution in [0.3, 0.4) is 0 Å². The van der Waals surface area contributed by atoms with Crippen LogP contribution in [0.2, 0.25) is 0 Å². The first-order valence-electron chi connectivity index (χ1n) is 8.70. The molecule has 1 aromatic carbocycles. The number of aryl methyl sites for hydroxylation is 2. The molecule has 27 heavy (non-hydrogen) atoms. The summed E-state index contributed by atoms with van der Waals surface area (Å²) in [5, 5.41) is 11.1. The van der Waals surface area contributed by atoms with E-state index in [0.29, 0.717) is 6.54 Å². The van der Waals surface area contributed by atoms with Crippen LogP contribution in [0.4, 0.5) is 0 Å². The maximum Gasteiger partial charge on any atom is 0.191 e. The summed E-state index contributed by atoms with van der Waals surface area (Å²) in [4.78, 5) is 4.32. The van der Waals surface area contributed by atoms with Crippen LogP contribution in [0.1, 0.15) is 35.6 Å². The molecule has 0 bridgehead atoms. The van der Waals surface area contributed by atoms with Gasteiger partial charge in [0, 0.05) is 31.5 Å². The van der Waals surface area contributed by atoms with E-state index in [1.165, 1.54) is 0 Å². The van der Waals surface area contributed by atoms with Crippen molar-refractivity contribution in [3.63, 3.8) is 0 Å². The summed E-state index contributed by atoms with van der Waals surface area (Å²) in [7, 11) is 1.77. The van der Waals surface area contributed by atoms with Gasteiger partial charge in [-0.15, -0.1) is 24.0 Å². The number of guanidine groups is 1. The molecule has 0 spiro atoms. The minimum absolute atomic E-state index is 0. The normalized spacial score (nSPS) is 12.4. The molecule has 6 nitrogen and oxygen atoms in total. The van der Waals surface area contributed by atoms with Gasteiger partial charge in [0.2, 0.25) is 0 Å². The number of aromatic nitrogens is 2. The minimum Gasteiger partial charge on any atom is -0.466 e. The second-order valence-electron chi connectivity index (χ2n) is 6.28. The maximum atomic E-state index is 5.57. The highest BCUT2D eigenvalue weighted by Crippen LogP contribution is 2.17. The molecule has 3 aromatic rings. The van der Waals surface area contributed by atoms with Crippen LogP contribution in [0.5, 0.6) is 0 Å². The molecule has 1 unspecified atom stereocenters. The summed E-state index contributed by atoms with van der Waals surface area (Å²) in [6.45, 7) is 6.72. The van der Waals surface area contributed by atoms with Crippen molar-refractivity contribution in [2.24, 2.45) is 4.99 Å². The largest absolute Gasteiger partial charge is 0.466 e. The number of aliphatic imine (C=N–C) groups is 1. The van der Waals surface area contributed by atoms with E-state index in [-0.39, 0.29) is 30.0 Å². The van der Waals surface area contributed by atoms with Crippen LogP contribution in [0, 0.1) is 13.8 Å². The van der Waals surface area contributed by atoms with E-state index in [0.717, 1.165) is 34.3 Å². The van der Waals surface area contributed by atoms with E-state index >= 15 is 0 Å². The molecule has 0 aliphatic carbocycles. The molecule has 0 aliphatic rings. The van der Waals surface area contributed by atoms with Crippen molar-refractivity contribution in [1.82, 2.24) is 20.4 Å². The molecule has 0 amide bonds. The zero-order valence-corrected chi connectivity index (χ0v) is 18.4. The molecule has 0 aliphatic heterocycles. The van der Waals surface area contributed by atoms with Crippen LogP contribution in [0.25, 0.3) is 5.69 Å². The zero-order valence-electron chi connectivity index (χ0n) is 16.1. The summed E-state index contributed by atoms with van der Waals surface area (Å²) in [6, 6.07) is 12.4. The summed E-state index contributed by atoms with van der Waals surface area (Å²) >= 11 is 0. The Hall–Kier alpha value is -2.29. The first-order chi connectivity index (χ1) is 12.6. The lowest BCUT2D eigenvalue weighted by molar-refractivity contribution is 0.500. The predicted molar refractivity (Wildman–Crippen MR) is 119 cm³/mol. The van der Waals surface area contributed by atoms with Crippen LogP contribution in [-0.2, 0) is 6.54 Å². The van der Waals surface area contributed by atoms with E-state index in [4.69, 9.17) is 4.42 Å². The molecule has 7 heteroatoms. The van der Waals surface area contributed by atoms with Gasteiger partial charge in [-0.2, -0.15) is 5.10 Å². The molecule has 3 rings (SSSR count). The lowest BCUT2D eigenvalue weighted by Gasteiger charge is -2.19. The Labute approximate surface area is 177 Å². The molecule has 0 radical (unpaired) electrons. The Morgan fingerprint density at radius 1 is 1.26 bits per heavy atom. The number of furan rings is 1. The van der Waals surface area contributed by atoms with Crippen molar-refractivity contribution in [3.05, 3.63) is 71.4 Å². The molecule has 2 aromatic heterocycles. The molecule has 1 atom stereocenters. The van der Waals surface area contributed by atoms with E-state index in [2.05, 4.69) is 39.8 Å². The van der Waals surface area contributed by atoms with Crippen LogP contribution < -0.4 is 10.6 Å². The second kappa shape index (κ2) is 9.59. The third kappa shape index (κ3) is 5.35. The van der Waals surface area contributed by atoms with Crippen molar-refractivity contribution >= 4 is 29.9 Å². The lowest BCUT2D eigenvalue weighted by Crippen LogP contribution is -2.38. The summed E-state index contributed by atoms with van der Waals surface area (Å²) < 4.78 is 7.43. The van der Waals surface area contributed by atoms with E-state index in [1.807, 2.05) is 49.0 Å². The Balaban J connectivity index is 0.00000261. The zero-order chi connectivity index (χ0) is 18.5. The molecular weight excluding hydrogens is 453 g/mol. The van der Waals surface area contributed by atoms with Gasteiger partial charge in [-0.1, -0.05) is 12.1 Å². The average molecular weight is 479 g/mol. The smallest absolute Gasteiger partial charge is 0.191 e. The maximum absolute atomic E-state index is 5.57. The van der Waals surface area contributed by atoms with Gasteiger partial charge < -0.3 is 15.1 Å². The van der Waals surface area contributed by atoms with Crippen molar-refractivity contribution < 1.29 is 4.42 Å². The van der Waals surface area contributed by atoms with Gasteiger partial charge in [0.1, 0.15) is 11.5 Å². The van der Waals surface area contributed by atoms with E-state index in [9.17, 15) is 0 Å². The molecule has 0 saturated heterocycles. The highest BCUT2D eigenvalue weighted by Gasteiger charge is 2.10. The summed E-state index contributed by atoms with van der Waals surface area (Å²) in [5.41, 5.74) is 3.34. The number of nitrogens with zero attached hydrogens (tertiary/aromatic N) is 3. The number of rotatable bonds is 5. The Morgan fingerprint density at radius 3 is 2.70 bits per heavy atom. The lowest BCUT2D eigenvalue weighted by atomic mass is 10.1. The van der Waals surface area contributed by atoms with Gasteiger partial charge in [0.25, 0.3) is 0 Å². The number of benzene rings is 1. The molecule has 2 N–H and O–H groups in total. The predicted octanol–water partition coefficient (Wildman–Crippen LogP) is 4.13. The van der Waals surface area contributed by atoms with Gasteiger partial charge in [0.05, 0.1) is 11.7 Å². The average Bonchev–Trinajstić information content (AvgIpc) is 3.28. The van der Waals surface area contributed by atoms with Gasteiger partial charge in [0.15, 0.2) is 5.96 Å². The molecular formula is C20H26IN5O. The number of nitrogens with one attached hydrogen (secondary N) is 2. The fourth-order valence-corrected chi connectivity index (χ4v) is 2.88. The highest BCUT2D eigenvalue weighted by molar-refractivity contribution is 14.0. The highest BCUT2D eigenvalue weighted by atomic mass is 127. The van der Waals surface area contributed by atoms with Crippen LogP contribution in [0.15, 0.2) is 58.2 Å². The van der Waals surface area contributed by atoms with Crippen LogP contribution in [-0.4, -0.2) is 22.8 Å². The fourth-order valence-electron chi connectivity index (χ4n) is 2.88. The minimum atomic E-state index is 0. The van der Waals surface area contributed by atoms with E-state index < -0.39 is 0 Å². The quantitative estimate of drug-likeness (QED) is 0.328. The second-order valence-corrected chi connectivity index (χ2v) is 6.28. The van der Waals surface area contributed by atoms with Crippen molar-refractivity contribution in [3.8, 4) is 5.69 Å². The SMILES string of the molecule is CN=C(NCc1cc(C)oc1C)NC(C)c1cccc(-n2cccn2)c1.I. The van der Waals surface area contributed by atoms with Gasteiger partial charge in [-0.3, -0.25) is 4.99 Å². The Kier molecular flexibility index (Phi) is 7.46. The summed E-state index contributed by atoms with van der Waals surface area (Å²) in [5.74, 6) is 2.61. The third-order valence-electron chi connectivity index (χ3n) is 4.31. The molecule has 144 valence electrons. The molecule has 0 fully saturated rings. The topological polar surface area (TPSA) is 67.4 Å². The van der Waals surface area contributed by atoms with Gasteiger partial charge in [-0.05, 0) is 50.6 Å². The monoisotopic (exact) mass is 479 g/mol. The number of hydrogen-bond acceptors (Lipinski definition) is 3. The first-order valence-corrected chi connectivity index (χ1v) is 8.70. The fraction of sp³-hybridized carbons (Fsp3) is 0.300. The van der Waals surface area contributed by atoms with Crippen molar-refractivity contribution in [2.75, 3.05) is 7.05 Å². The third-order valence-corrected chi connectivity index (χ3v) is 4.31. The molecule has 0 saturated carbocycles. The first kappa shape index (κ1) is 21.0. The van der Waals surface area contributed by atoms with Crippen LogP contribution >= 0.6 is 24.0 Å². The van der Waals surface area contributed by atoms with Crippen molar-refractivity contribution in [1.29, 1.82) is 0 Å². The summed E-state index contributed by atoms with van der Waals surface area (Å²) in [6.07, 6.45) is 3.71.